The molecule has 1 N–H and O–H groups in total. The number of amides is 2. The van der Waals surface area contributed by atoms with E-state index in [1.165, 1.54) is 0 Å². The number of aryl methyl sites for hydroxylation is 1. The van der Waals surface area contributed by atoms with E-state index in [0.717, 1.165) is 24.3 Å². The summed E-state index contributed by atoms with van der Waals surface area (Å²) in [7, 11) is 0. The lowest BCUT2D eigenvalue weighted by atomic mass is 10.1. The molecule has 0 saturated carbocycles. The van der Waals surface area contributed by atoms with Crippen molar-refractivity contribution >= 4 is 46.4 Å². The Kier molecular flexibility index (Phi) is 6.68. The minimum Gasteiger partial charge on any atom is -0.368 e. The first-order valence-corrected chi connectivity index (χ1v) is 11.1. The van der Waals surface area contributed by atoms with Gasteiger partial charge in [-0.1, -0.05) is 29.3 Å². The average molecular weight is 468 g/mol. The predicted octanol–water partition coefficient (Wildman–Crippen LogP) is 5.52. The van der Waals surface area contributed by atoms with Crippen molar-refractivity contribution in [3.8, 4) is 0 Å². The highest BCUT2D eigenvalue weighted by atomic mass is 35.5. The van der Waals surface area contributed by atoms with Crippen LogP contribution in [0.25, 0.3) is 0 Å². The summed E-state index contributed by atoms with van der Waals surface area (Å²) in [6.07, 6.45) is 0. The van der Waals surface area contributed by atoms with Crippen LogP contribution in [-0.4, -0.2) is 42.9 Å². The van der Waals surface area contributed by atoms with Crippen LogP contribution in [0.2, 0.25) is 10.0 Å². The molecule has 0 radical (unpaired) electrons. The average Bonchev–Trinajstić information content (AvgIpc) is 2.81. The molecule has 3 aromatic carbocycles. The van der Waals surface area contributed by atoms with Crippen LogP contribution in [0.1, 0.15) is 26.3 Å². The van der Waals surface area contributed by atoms with Gasteiger partial charge in [-0.05, 0) is 73.2 Å². The van der Waals surface area contributed by atoms with Gasteiger partial charge in [-0.25, -0.2) is 0 Å². The molecule has 164 valence electrons. The van der Waals surface area contributed by atoms with E-state index in [9.17, 15) is 9.59 Å². The molecule has 3 aromatic rings. The van der Waals surface area contributed by atoms with Gasteiger partial charge in [-0.2, -0.15) is 0 Å². The van der Waals surface area contributed by atoms with Gasteiger partial charge in [0.15, 0.2) is 0 Å². The number of carbonyl (C=O) groups is 2. The Balaban J connectivity index is 1.33. The standard InChI is InChI=1S/C25H23Cl2N3O2/c1-17-2-3-19(16-23(17)27)24(31)28-21-8-10-22(11-9-21)29-12-14-30(15-13-29)25(32)18-4-6-20(26)7-5-18/h2-11,16H,12-15H2,1H3,(H,28,31). The molecule has 5 nitrogen and oxygen atoms in total. The van der Waals surface area contributed by atoms with E-state index in [4.69, 9.17) is 23.2 Å². The molecule has 2 amide bonds. The van der Waals surface area contributed by atoms with Crippen LogP contribution in [0, 0.1) is 6.92 Å². The van der Waals surface area contributed by atoms with Crippen LogP contribution >= 0.6 is 23.2 Å². The number of hydrogen-bond donors (Lipinski definition) is 1. The molecule has 4 rings (SSSR count). The molecule has 1 aliphatic rings. The Morgan fingerprint density at radius 2 is 1.44 bits per heavy atom. The van der Waals surface area contributed by atoms with E-state index in [1.807, 2.05) is 42.2 Å². The van der Waals surface area contributed by atoms with Gasteiger partial charge in [0.25, 0.3) is 11.8 Å². The largest absolute Gasteiger partial charge is 0.368 e. The summed E-state index contributed by atoms with van der Waals surface area (Å²) < 4.78 is 0. The highest BCUT2D eigenvalue weighted by molar-refractivity contribution is 6.31. The Morgan fingerprint density at radius 1 is 0.812 bits per heavy atom. The second-order valence-electron chi connectivity index (χ2n) is 7.75. The van der Waals surface area contributed by atoms with Gasteiger partial charge >= 0.3 is 0 Å². The van der Waals surface area contributed by atoms with Crippen molar-refractivity contribution < 1.29 is 9.59 Å². The lowest BCUT2D eigenvalue weighted by Crippen LogP contribution is -2.48. The molecule has 1 saturated heterocycles. The summed E-state index contributed by atoms with van der Waals surface area (Å²) in [6, 6.07) is 20.0. The molecular weight excluding hydrogens is 445 g/mol. The second-order valence-corrected chi connectivity index (χ2v) is 8.59. The molecule has 0 bridgehead atoms. The highest BCUT2D eigenvalue weighted by Gasteiger charge is 2.22. The molecule has 0 spiro atoms. The fourth-order valence-corrected chi connectivity index (χ4v) is 3.94. The maximum atomic E-state index is 12.7. The molecular formula is C25H23Cl2N3O2. The van der Waals surface area contributed by atoms with E-state index >= 15 is 0 Å². The second kappa shape index (κ2) is 9.63. The van der Waals surface area contributed by atoms with Gasteiger partial charge in [0.2, 0.25) is 0 Å². The van der Waals surface area contributed by atoms with Crippen molar-refractivity contribution in [2.24, 2.45) is 0 Å². The fourth-order valence-electron chi connectivity index (χ4n) is 3.64. The maximum absolute atomic E-state index is 12.7. The van der Waals surface area contributed by atoms with Crippen LogP contribution in [0.5, 0.6) is 0 Å². The van der Waals surface area contributed by atoms with Gasteiger partial charge < -0.3 is 15.1 Å². The smallest absolute Gasteiger partial charge is 0.255 e. The van der Waals surface area contributed by atoms with Gasteiger partial charge in [-0.15, -0.1) is 0 Å². The first kappa shape index (κ1) is 22.2. The zero-order valence-corrected chi connectivity index (χ0v) is 19.2. The van der Waals surface area contributed by atoms with Crippen molar-refractivity contribution in [1.82, 2.24) is 4.90 Å². The summed E-state index contributed by atoms with van der Waals surface area (Å²) in [5.41, 5.74) is 3.87. The lowest BCUT2D eigenvalue weighted by Gasteiger charge is -2.36. The molecule has 1 heterocycles. The van der Waals surface area contributed by atoms with Crippen molar-refractivity contribution in [2.45, 2.75) is 6.92 Å². The van der Waals surface area contributed by atoms with E-state index in [0.29, 0.717) is 39.9 Å². The maximum Gasteiger partial charge on any atom is 0.255 e. The molecule has 0 aromatic heterocycles. The minimum absolute atomic E-state index is 0.0237. The van der Waals surface area contributed by atoms with E-state index < -0.39 is 0 Å². The number of rotatable bonds is 4. The van der Waals surface area contributed by atoms with Crippen LogP contribution in [0.4, 0.5) is 11.4 Å². The number of benzene rings is 3. The topological polar surface area (TPSA) is 52.7 Å². The van der Waals surface area contributed by atoms with Gasteiger partial charge in [0.1, 0.15) is 0 Å². The predicted molar refractivity (Wildman–Crippen MR) is 130 cm³/mol. The third-order valence-electron chi connectivity index (χ3n) is 5.58. The summed E-state index contributed by atoms with van der Waals surface area (Å²) in [4.78, 5) is 29.2. The molecule has 1 fully saturated rings. The summed E-state index contributed by atoms with van der Waals surface area (Å²) in [6.45, 7) is 4.68. The number of piperazine rings is 1. The summed E-state index contributed by atoms with van der Waals surface area (Å²) in [5, 5.41) is 4.09. The number of nitrogens with zero attached hydrogens (tertiary/aromatic N) is 2. The van der Waals surface area contributed by atoms with E-state index in [-0.39, 0.29) is 11.8 Å². The normalized spacial score (nSPS) is 13.7. The third-order valence-corrected chi connectivity index (χ3v) is 6.24. The van der Waals surface area contributed by atoms with Crippen LogP contribution < -0.4 is 10.2 Å². The number of carbonyl (C=O) groups excluding carboxylic acids is 2. The van der Waals surface area contributed by atoms with Crippen molar-refractivity contribution in [2.75, 3.05) is 36.4 Å². The molecule has 1 aliphatic heterocycles. The van der Waals surface area contributed by atoms with E-state index in [1.54, 1.807) is 36.4 Å². The zero-order chi connectivity index (χ0) is 22.7. The SMILES string of the molecule is Cc1ccc(C(=O)Nc2ccc(N3CCN(C(=O)c4ccc(Cl)cc4)CC3)cc2)cc1Cl. The Labute approximate surface area is 197 Å². The number of hydrogen-bond acceptors (Lipinski definition) is 3. The quantitative estimate of drug-likeness (QED) is 0.549. The van der Waals surface area contributed by atoms with Gasteiger partial charge in [-0.3, -0.25) is 9.59 Å². The fraction of sp³-hybridized carbons (Fsp3) is 0.200. The molecule has 7 heteroatoms. The summed E-state index contributed by atoms with van der Waals surface area (Å²) >= 11 is 12.0. The number of anilines is 2. The van der Waals surface area contributed by atoms with E-state index in [2.05, 4.69) is 10.2 Å². The van der Waals surface area contributed by atoms with Crippen molar-refractivity contribution in [1.29, 1.82) is 0 Å². The van der Waals surface area contributed by atoms with Crippen LogP contribution in [-0.2, 0) is 0 Å². The van der Waals surface area contributed by atoms with Crippen molar-refractivity contribution in [3.63, 3.8) is 0 Å². The van der Waals surface area contributed by atoms with Gasteiger partial charge in [0, 0.05) is 58.7 Å². The highest BCUT2D eigenvalue weighted by Crippen LogP contribution is 2.22. The molecule has 0 unspecified atom stereocenters. The summed E-state index contributed by atoms with van der Waals surface area (Å²) in [5.74, 6) is -0.176. The zero-order valence-electron chi connectivity index (χ0n) is 17.6. The molecule has 0 atom stereocenters. The van der Waals surface area contributed by atoms with Crippen LogP contribution in [0.15, 0.2) is 66.7 Å². The monoisotopic (exact) mass is 467 g/mol. The Morgan fingerprint density at radius 3 is 2.06 bits per heavy atom. The Hall–Kier alpha value is -3.02. The van der Waals surface area contributed by atoms with Gasteiger partial charge in [0.05, 0.1) is 0 Å². The first-order chi connectivity index (χ1) is 15.4. The first-order valence-electron chi connectivity index (χ1n) is 10.4. The molecule has 32 heavy (non-hydrogen) atoms. The Bertz CT molecular complexity index is 1120. The minimum atomic E-state index is -0.200. The third kappa shape index (κ3) is 5.06. The molecule has 0 aliphatic carbocycles. The number of halogens is 2. The van der Waals surface area contributed by atoms with Crippen LogP contribution in [0.3, 0.4) is 0 Å². The van der Waals surface area contributed by atoms with Crippen molar-refractivity contribution in [3.05, 3.63) is 93.5 Å². The number of nitrogens with one attached hydrogen (secondary N) is 1. The lowest BCUT2D eigenvalue weighted by molar-refractivity contribution is 0.0746.